The van der Waals surface area contributed by atoms with E-state index in [1.807, 2.05) is 0 Å². The first-order chi connectivity index (χ1) is 17.9. The second kappa shape index (κ2) is 11.1. The van der Waals surface area contributed by atoms with Crippen molar-refractivity contribution in [2.75, 3.05) is 6.61 Å². The highest BCUT2D eigenvalue weighted by atomic mass is 32.2. The number of aliphatic hydroxyl groups excluding tert-OH is 1. The van der Waals surface area contributed by atoms with Crippen LogP contribution in [0, 0.1) is 11.8 Å². The molecule has 0 bridgehead atoms. The van der Waals surface area contributed by atoms with Crippen LogP contribution < -0.4 is 9.88 Å². The third-order valence-electron chi connectivity index (χ3n) is 6.13. The second-order valence-corrected chi connectivity index (χ2v) is 10.1. The highest BCUT2D eigenvalue weighted by Gasteiger charge is 2.35. The van der Waals surface area contributed by atoms with E-state index >= 15 is 0 Å². The zero-order chi connectivity index (χ0) is 27.5. The number of nitrogens with zero attached hydrogens (tertiary/aromatic N) is 4. The fourth-order valence-corrected chi connectivity index (χ4v) is 4.83. The number of ether oxygens (including phenoxy) is 1. The third-order valence-corrected chi connectivity index (χ3v) is 6.59. The first-order valence-electron chi connectivity index (χ1n) is 11.4. The van der Waals surface area contributed by atoms with Crippen molar-refractivity contribution >= 4 is 16.1 Å². The Labute approximate surface area is 215 Å². The van der Waals surface area contributed by atoms with Crippen molar-refractivity contribution in [3.05, 3.63) is 71.6 Å². The molecule has 3 N–H and O–H groups in total. The number of rotatable bonds is 10. The predicted molar refractivity (Wildman–Crippen MR) is 125 cm³/mol. The monoisotopic (exact) mass is 555 g/mol. The molecule has 3 atom stereocenters. The summed E-state index contributed by atoms with van der Waals surface area (Å²) >= 11 is 0. The van der Waals surface area contributed by atoms with Crippen LogP contribution >= 0.6 is 0 Å². The summed E-state index contributed by atoms with van der Waals surface area (Å²) in [6.45, 7) is -0.319. The molecule has 0 unspecified atom stereocenters. The average Bonchev–Trinajstić information content (AvgIpc) is 3.43. The molecule has 0 saturated heterocycles. The van der Waals surface area contributed by atoms with Gasteiger partial charge in [0.05, 0.1) is 30.5 Å². The maximum absolute atomic E-state index is 13.2. The number of halogens is 3. The lowest BCUT2D eigenvalue weighted by atomic mass is 9.96. The van der Waals surface area contributed by atoms with Crippen LogP contribution in [0.5, 0.6) is 5.75 Å². The van der Waals surface area contributed by atoms with Gasteiger partial charge in [-0.15, -0.1) is 13.2 Å². The molecular formula is C23H24F3N5O6S. The standard InChI is InChI=1S/C23H24F3N5O6S/c24-23(25,26)37-21-4-2-1-3-15(21)11-31-6-5-18(30-31)22(33)17-10-28-13-29-19(17)8-14-7-16(20(32)9-14)12-36-38(27,34)35/h1-6,10,13-14,16,20,32H,7-9,11-12H2,(H2,27,34,35)/t14-,16+,20-/m0/s1. The van der Waals surface area contributed by atoms with Crippen LogP contribution in [-0.4, -0.2) is 58.1 Å². The van der Waals surface area contributed by atoms with Crippen molar-refractivity contribution in [2.24, 2.45) is 17.0 Å². The van der Waals surface area contributed by atoms with E-state index in [1.165, 1.54) is 47.7 Å². The summed E-state index contributed by atoms with van der Waals surface area (Å²) in [4.78, 5) is 21.4. The molecule has 3 aromatic rings. The number of para-hydroxylation sites is 1. The van der Waals surface area contributed by atoms with E-state index in [-0.39, 0.29) is 41.6 Å². The van der Waals surface area contributed by atoms with Gasteiger partial charge in [0.2, 0.25) is 5.78 Å². The fourth-order valence-electron chi connectivity index (χ4n) is 4.47. The van der Waals surface area contributed by atoms with Crippen LogP contribution in [0.25, 0.3) is 0 Å². The van der Waals surface area contributed by atoms with E-state index in [0.29, 0.717) is 25.0 Å². The third kappa shape index (κ3) is 7.34. The normalized spacial score (nSPS) is 20.0. The maximum atomic E-state index is 13.2. The molecule has 204 valence electrons. The number of hydrogen-bond acceptors (Lipinski definition) is 9. The van der Waals surface area contributed by atoms with E-state index < -0.39 is 34.5 Å². The highest BCUT2D eigenvalue weighted by molar-refractivity contribution is 7.84. The van der Waals surface area contributed by atoms with Crippen LogP contribution in [0.2, 0.25) is 0 Å². The molecule has 2 heterocycles. The van der Waals surface area contributed by atoms with Gasteiger partial charge >= 0.3 is 16.7 Å². The van der Waals surface area contributed by atoms with Crippen molar-refractivity contribution in [1.82, 2.24) is 19.7 Å². The molecule has 4 rings (SSSR count). The van der Waals surface area contributed by atoms with E-state index in [4.69, 9.17) is 5.14 Å². The van der Waals surface area contributed by atoms with Gasteiger partial charge in [0.1, 0.15) is 17.8 Å². The molecule has 1 aliphatic rings. The summed E-state index contributed by atoms with van der Waals surface area (Å²) < 4.78 is 70.3. The van der Waals surface area contributed by atoms with Crippen LogP contribution in [0.3, 0.4) is 0 Å². The Morgan fingerprint density at radius 1 is 1.21 bits per heavy atom. The molecule has 1 aliphatic carbocycles. The number of aliphatic hydroxyl groups is 1. The molecule has 2 aromatic heterocycles. The van der Waals surface area contributed by atoms with E-state index in [0.717, 1.165) is 0 Å². The molecule has 1 aromatic carbocycles. The zero-order valence-corrected chi connectivity index (χ0v) is 20.6. The molecule has 0 spiro atoms. The van der Waals surface area contributed by atoms with Gasteiger partial charge in [-0.3, -0.25) is 13.7 Å². The molecular weight excluding hydrogens is 531 g/mol. The number of carbonyl (C=O) groups is 1. The van der Waals surface area contributed by atoms with Gasteiger partial charge < -0.3 is 9.84 Å². The number of hydrogen-bond donors (Lipinski definition) is 2. The summed E-state index contributed by atoms with van der Waals surface area (Å²) in [5.41, 5.74) is 0.878. The number of nitrogens with two attached hydrogens (primary N) is 1. The Bertz CT molecular complexity index is 1400. The maximum Gasteiger partial charge on any atom is 0.573 e. The summed E-state index contributed by atoms with van der Waals surface area (Å²) in [6.07, 6.45) is -0.455. The molecule has 0 aliphatic heterocycles. The van der Waals surface area contributed by atoms with Crippen molar-refractivity contribution in [3.8, 4) is 5.75 Å². The molecule has 0 radical (unpaired) electrons. The molecule has 1 saturated carbocycles. The fraction of sp³-hybridized carbons (Fsp3) is 0.391. The summed E-state index contributed by atoms with van der Waals surface area (Å²) in [6, 6.07) is 7.07. The second-order valence-electron chi connectivity index (χ2n) is 8.91. The molecule has 0 amide bonds. The highest BCUT2D eigenvalue weighted by Crippen LogP contribution is 2.34. The number of aromatic nitrogens is 4. The minimum atomic E-state index is -4.85. The topological polar surface area (TPSA) is 160 Å². The van der Waals surface area contributed by atoms with Gasteiger partial charge in [0.25, 0.3) is 0 Å². The minimum absolute atomic E-state index is 0.0427. The van der Waals surface area contributed by atoms with E-state index in [9.17, 15) is 31.5 Å². The first-order valence-corrected chi connectivity index (χ1v) is 12.9. The Kier molecular flexibility index (Phi) is 8.10. The van der Waals surface area contributed by atoms with Crippen LogP contribution in [-0.2, 0) is 27.5 Å². The lowest BCUT2D eigenvalue weighted by molar-refractivity contribution is -0.274. The van der Waals surface area contributed by atoms with Crippen LogP contribution in [0.4, 0.5) is 13.2 Å². The molecule has 38 heavy (non-hydrogen) atoms. The molecule has 15 heteroatoms. The molecule has 11 nitrogen and oxygen atoms in total. The van der Waals surface area contributed by atoms with Crippen molar-refractivity contribution in [2.45, 2.75) is 38.3 Å². The van der Waals surface area contributed by atoms with Gasteiger partial charge in [-0.25, -0.2) is 15.1 Å². The summed E-state index contributed by atoms with van der Waals surface area (Å²) in [7, 11) is -4.13. The Morgan fingerprint density at radius 3 is 2.71 bits per heavy atom. The van der Waals surface area contributed by atoms with Gasteiger partial charge in [-0.2, -0.15) is 13.5 Å². The Hall–Kier alpha value is -3.40. The Morgan fingerprint density at radius 2 is 1.97 bits per heavy atom. The Balaban J connectivity index is 1.46. The van der Waals surface area contributed by atoms with Crippen molar-refractivity contribution in [1.29, 1.82) is 0 Å². The zero-order valence-electron chi connectivity index (χ0n) is 19.8. The number of alkyl halides is 3. The lowest BCUT2D eigenvalue weighted by Crippen LogP contribution is -2.24. The van der Waals surface area contributed by atoms with Gasteiger partial charge in [-0.05, 0) is 37.3 Å². The number of carbonyl (C=O) groups excluding carboxylic acids is 1. The minimum Gasteiger partial charge on any atom is -0.405 e. The summed E-state index contributed by atoms with van der Waals surface area (Å²) in [5.74, 6) is -1.40. The van der Waals surface area contributed by atoms with E-state index in [1.54, 1.807) is 6.07 Å². The van der Waals surface area contributed by atoms with Crippen molar-refractivity contribution < 1.29 is 40.4 Å². The largest absolute Gasteiger partial charge is 0.573 e. The molecule has 1 fully saturated rings. The quantitative estimate of drug-likeness (QED) is 0.357. The average molecular weight is 556 g/mol. The number of benzene rings is 1. The van der Waals surface area contributed by atoms with Crippen LogP contribution in [0.1, 0.15) is 40.2 Å². The predicted octanol–water partition coefficient (Wildman–Crippen LogP) is 2.00. The van der Waals surface area contributed by atoms with Gasteiger partial charge in [-0.1, -0.05) is 18.2 Å². The van der Waals surface area contributed by atoms with Crippen molar-refractivity contribution in [3.63, 3.8) is 0 Å². The van der Waals surface area contributed by atoms with E-state index in [2.05, 4.69) is 24.0 Å². The number of ketones is 1. The summed E-state index contributed by atoms with van der Waals surface area (Å²) in [5, 5.41) is 19.4. The van der Waals surface area contributed by atoms with Gasteiger partial charge in [0, 0.05) is 23.9 Å². The first kappa shape index (κ1) is 27.6. The SMILES string of the molecule is NS(=O)(=O)OC[C@H]1C[C@@H](Cc2ncncc2C(=O)c2ccn(Cc3ccccc3OC(F)(F)F)n2)C[C@@H]1O. The van der Waals surface area contributed by atoms with Gasteiger partial charge in [0.15, 0.2) is 0 Å². The lowest BCUT2D eigenvalue weighted by Gasteiger charge is -2.13. The smallest absolute Gasteiger partial charge is 0.405 e. The van der Waals surface area contributed by atoms with Crippen LogP contribution in [0.15, 0.2) is 49.1 Å².